The van der Waals surface area contributed by atoms with Crippen molar-refractivity contribution in [3.8, 4) is 0 Å². The SMILES string of the molecule is NC(Cc1cccc2[nH]c3ccccc3c(=O)c12)C(=O)O. The quantitative estimate of drug-likeness (QED) is 0.636. The average Bonchev–Trinajstić information content (AvgIpc) is 2.47. The summed E-state index contributed by atoms with van der Waals surface area (Å²) in [5.74, 6) is -1.08. The lowest BCUT2D eigenvalue weighted by Crippen LogP contribution is -2.32. The van der Waals surface area contributed by atoms with Gasteiger partial charge < -0.3 is 15.8 Å². The van der Waals surface area contributed by atoms with Crippen molar-refractivity contribution in [2.24, 2.45) is 5.73 Å². The number of carboxylic acids is 1. The number of aromatic nitrogens is 1. The van der Waals surface area contributed by atoms with Crippen LogP contribution in [-0.4, -0.2) is 22.1 Å². The maximum Gasteiger partial charge on any atom is 0.320 e. The molecule has 3 rings (SSSR count). The Bertz CT molecular complexity index is 899. The van der Waals surface area contributed by atoms with Crippen LogP contribution in [-0.2, 0) is 11.2 Å². The first kappa shape index (κ1) is 13.3. The topological polar surface area (TPSA) is 96.2 Å². The molecule has 1 aromatic heterocycles. The molecular weight excluding hydrogens is 268 g/mol. The highest BCUT2D eigenvalue weighted by molar-refractivity contribution is 5.94. The zero-order chi connectivity index (χ0) is 15.0. The Kier molecular flexibility index (Phi) is 3.19. The third-order valence-electron chi connectivity index (χ3n) is 3.58. The second kappa shape index (κ2) is 5.03. The maximum absolute atomic E-state index is 12.7. The molecule has 5 heteroatoms. The van der Waals surface area contributed by atoms with E-state index in [-0.39, 0.29) is 11.8 Å². The third kappa shape index (κ3) is 2.28. The van der Waals surface area contributed by atoms with Crippen molar-refractivity contribution < 1.29 is 9.90 Å². The van der Waals surface area contributed by atoms with Crippen LogP contribution in [0.15, 0.2) is 47.3 Å². The molecule has 0 fully saturated rings. The van der Waals surface area contributed by atoms with Crippen LogP contribution >= 0.6 is 0 Å². The second-order valence-corrected chi connectivity index (χ2v) is 4.99. The van der Waals surface area contributed by atoms with E-state index in [1.165, 1.54) is 0 Å². The highest BCUT2D eigenvalue weighted by atomic mass is 16.4. The molecule has 0 spiro atoms. The van der Waals surface area contributed by atoms with Gasteiger partial charge in [0.1, 0.15) is 6.04 Å². The first-order valence-electron chi connectivity index (χ1n) is 6.59. The van der Waals surface area contributed by atoms with E-state index >= 15 is 0 Å². The first-order chi connectivity index (χ1) is 10.1. The van der Waals surface area contributed by atoms with Gasteiger partial charge in [0.2, 0.25) is 0 Å². The number of hydrogen-bond donors (Lipinski definition) is 3. The van der Waals surface area contributed by atoms with E-state index in [9.17, 15) is 9.59 Å². The van der Waals surface area contributed by atoms with Crippen molar-refractivity contribution in [1.29, 1.82) is 0 Å². The Balaban J connectivity index is 2.29. The summed E-state index contributed by atoms with van der Waals surface area (Å²) in [6, 6.07) is 11.6. The molecule has 2 aromatic carbocycles. The molecule has 0 aliphatic heterocycles. The predicted molar refractivity (Wildman–Crippen MR) is 81.4 cm³/mol. The lowest BCUT2D eigenvalue weighted by Gasteiger charge is -2.10. The summed E-state index contributed by atoms with van der Waals surface area (Å²) in [6.07, 6.45) is 0.119. The second-order valence-electron chi connectivity index (χ2n) is 4.99. The Morgan fingerprint density at radius 2 is 1.86 bits per heavy atom. The molecule has 5 nitrogen and oxygen atoms in total. The smallest absolute Gasteiger partial charge is 0.320 e. The van der Waals surface area contributed by atoms with Gasteiger partial charge in [-0.2, -0.15) is 0 Å². The first-order valence-corrected chi connectivity index (χ1v) is 6.59. The van der Waals surface area contributed by atoms with Crippen molar-refractivity contribution in [2.75, 3.05) is 0 Å². The number of carbonyl (C=O) groups is 1. The summed E-state index contributed by atoms with van der Waals surface area (Å²) in [5, 5.41) is 10.0. The predicted octanol–water partition coefficient (Wildman–Crippen LogP) is 1.64. The molecule has 106 valence electrons. The molecule has 0 saturated carbocycles. The number of benzene rings is 2. The monoisotopic (exact) mass is 282 g/mol. The minimum absolute atomic E-state index is 0.104. The number of fused-ring (bicyclic) bond motifs is 2. The van der Waals surface area contributed by atoms with Gasteiger partial charge in [0.05, 0.1) is 5.52 Å². The zero-order valence-corrected chi connectivity index (χ0v) is 11.2. The van der Waals surface area contributed by atoms with E-state index < -0.39 is 12.0 Å². The van der Waals surface area contributed by atoms with E-state index in [2.05, 4.69) is 4.98 Å². The fourth-order valence-electron chi connectivity index (χ4n) is 2.54. The Morgan fingerprint density at radius 3 is 2.62 bits per heavy atom. The van der Waals surface area contributed by atoms with Crippen LogP contribution in [0.1, 0.15) is 5.56 Å². The largest absolute Gasteiger partial charge is 0.480 e. The minimum atomic E-state index is -1.08. The number of pyridine rings is 1. The number of rotatable bonds is 3. The lowest BCUT2D eigenvalue weighted by molar-refractivity contribution is -0.138. The summed E-state index contributed by atoms with van der Waals surface area (Å²) in [4.78, 5) is 26.8. The Hall–Kier alpha value is -2.66. The molecule has 0 saturated heterocycles. The van der Waals surface area contributed by atoms with Gasteiger partial charge in [-0.15, -0.1) is 0 Å². The molecule has 0 aliphatic carbocycles. The number of carboxylic acid groups (broad SMARTS) is 1. The third-order valence-corrected chi connectivity index (χ3v) is 3.58. The van der Waals surface area contributed by atoms with Gasteiger partial charge in [-0.1, -0.05) is 24.3 Å². The molecule has 1 unspecified atom stereocenters. The molecule has 1 heterocycles. The van der Waals surface area contributed by atoms with Gasteiger partial charge in [-0.05, 0) is 30.2 Å². The number of H-pyrrole nitrogens is 1. The van der Waals surface area contributed by atoms with Crippen LogP contribution < -0.4 is 11.2 Å². The molecule has 21 heavy (non-hydrogen) atoms. The Morgan fingerprint density at radius 1 is 1.14 bits per heavy atom. The van der Waals surface area contributed by atoms with Crippen LogP contribution in [0.25, 0.3) is 21.8 Å². The summed E-state index contributed by atoms with van der Waals surface area (Å²) >= 11 is 0. The molecule has 0 bridgehead atoms. The molecule has 1 atom stereocenters. The number of nitrogens with two attached hydrogens (primary N) is 1. The summed E-state index contributed by atoms with van der Waals surface area (Å²) in [5.41, 5.74) is 7.58. The number of aliphatic carboxylic acids is 1. The maximum atomic E-state index is 12.7. The molecular formula is C16H14N2O3. The van der Waals surface area contributed by atoms with Gasteiger partial charge in [0, 0.05) is 16.3 Å². The summed E-state index contributed by atoms with van der Waals surface area (Å²) in [7, 11) is 0. The van der Waals surface area contributed by atoms with Crippen LogP contribution in [0.4, 0.5) is 0 Å². The fraction of sp³-hybridized carbons (Fsp3) is 0.125. The average molecular weight is 282 g/mol. The van der Waals surface area contributed by atoms with Crippen molar-refractivity contribution in [2.45, 2.75) is 12.5 Å². The normalized spacial score (nSPS) is 12.6. The van der Waals surface area contributed by atoms with Gasteiger partial charge >= 0.3 is 5.97 Å². The van der Waals surface area contributed by atoms with E-state index in [1.54, 1.807) is 30.3 Å². The summed E-state index contributed by atoms with van der Waals surface area (Å²) in [6.45, 7) is 0. The van der Waals surface area contributed by atoms with Crippen LogP contribution in [0.2, 0.25) is 0 Å². The number of para-hydroxylation sites is 1. The minimum Gasteiger partial charge on any atom is -0.480 e. The van der Waals surface area contributed by atoms with Gasteiger partial charge in [0.25, 0.3) is 0 Å². The number of nitrogens with one attached hydrogen (secondary N) is 1. The molecule has 0 radical (unpaired) electrons. The molecule has 0 amide bonds. The standard InChI is InChI=1S/C16H14N2O3/c17-11(16(20)21)8-9-4-3-7-13-14(9)15(19)10-5-1-2-6-12(10)18-13/h1-7,11H,8,17H2,(H,18,19)(H,20,21). The Labute approximate surface area is 120 Å². The van der Waals surface area contributed by atoms with Crippen molar-refractivity contribution in [1.82, 2.24) is 4.98 Å². The van der Waals surface area contributed by atoms with Crippen LogP contribution in [0.3, 0.4) is 0 Å². The number of aromatic amines is 1. The number of hydrogen-bond acceptors (Lipinski definition) is 3. The van der Waals surface area contributed by atoms with Gasteiger partial charge in [-0.25, -0.2) is 0 Å². The van der Waals surface area contributed by atoms with Gasteiger partial charge in [-0.3, -0.25) is 9.59 Å². The van der Waals surface area contributed by atoms with E-state index in [1.807, 2.05) is 12.1 Å². The zero-order valence-electron chi connectivity index (χ0n) is 11.2. The molecule has 3 aromatic rings. The van der Waals surface area contributed by atoms with E-state index in [4.69, 9.17) is 10.8 Å². The molecule has 0 aliphatic rings. The van der Waals surface area contributed by atoms with Crippen molar-refractivity contribution >= 4 is 27.8 Å². The molecule has 4 N–H and O–H groups in total. The highest BCUT2D eigenvalue weighted by Crippen LogP contribution is 2.19. The van der Waals surface area contributed by atoms with Crippen LogP contribution in [0.5, 0.6) is 0 Å². The van der Waals surface area contributed by atoms with Gasteiger partial charge in [0.15, 0.2) is 5.43 Å². The van der Waals surface area contributed by atoms with Crippen molar-refractivity contribution in [3.05, 3.63) is 58.3 Å². The lowest BCUT2D eigenvalue weighted by atomic mass is 9.99. The van der Waals surface area contributed by atoms with E-state index in [0.717, 1.165) is 5.52 Å². The van der Waals surface area contributed by atoms with Crippen LogP contribution in [0, 0.1) is 0 Å². The van der Waals surface area contributed by atoms with E-state index in [0.29, 0.717) is 21.9 Å². The van der Waals surface area contributed by atoms with Crippen molar-refractivity contribution in [3.63, 3.8) is 0 Å². The highest BCUT2D eigenvalue weighted by Gasteiger charge is 2.16. The summed E-state index contributed by atoms with van der Waals surface area (Å²) < 4.78 is 0. The fourth-order valence-corrected chi connectivity index (χ4v) is 2.54.